The van der Waals surface area contributed by atoms with E-state index in [1.807, 2.05) is 13.0 Å². The van der Waals surface area contributed by atoms with Crippen LogP contribution in [0, 0.1) is 0 Å². The van der Waals surface area contributed by atoms with E-state index in [1.165, 1.54) is 0 Å². The zero-order chi connectivity index (χ0) is 14.8. The van der Waals surface area contributed by atoms with E-state index < -0.39 is 0 Å². The summed E-state index contributed by atoms with van der Waals surface area (Å²) in [6, 6.07) is 5.22. The normalized spacial score (nSPS) is 14.7. The molecule has 2 heterocycles. The van der Waals surface area contributed by atoms with Crippen molar-refractivity contribution < 1.29 is 9.53 Å². The maximum Gasteiger partial charge on any atom is 0.251 e. The highest BCUT2D eigenvalue weighted by atomic mass is 35.5. The molecule has 0 bridgehead atoms. The van der Waals surface area contributed by atoms with Crippen molar-refractivity contribution in [3.63, 3.8) is 0 Å². The molecule has 0 radical (unpaired) electrons. The van der Waals surface area contributed by atoms with Gasteiger partial charge in [-0.2, -0.15) is 5.10 Å². The lowest BCUT2D eigenvalue weighted by Crippen LogP contribution is -2.30. The van der Waals surface area contributed by atoms with E-state index in [-0.39, 0.29) is 18.6 Å². The van der Waals surface area contributed by atoms with Crippen LogP contribution in [0.25, 0.3) is 6.08 Å². The van der Waals surface area contributed by atoms with Crippen LogP contribution in [-0.4, -0.2) is 22.7 Å². The number of carbonyl (C=O) groups is 1. The van der Waals surface area contributed by atoms with Crippen LogP contribution in [0.2, 0.25) is 5.02 Å². The molecule has 6 heteroatoms. The highest BCUT2D eigenvalue weighted by Gasteiger charge is 2.19. The standard InChI is InChI=1S/C15H14ClN3O2/c1-9(12-6-17-18-7-12)19-15(20)11-4-10-5-13(16)2-3-14(10)21-8-11/h2-7,9H,8H2,1H3,(H,17,18)(H,19,20). The zero-order valence-corrected chi connectivity index (χ0v) is 12.1. The van der Waals surface area contributed by atoms with Crippen molar-refractivity contribution >= 4 is 23.6 Å². The molecule has 1 aliphatic rings. The van der Waals surface area contributed by atoms with Crippen LogP contribution in [0.1, 0.15) is 24.1 Å². The smallest absolute Gasteiger partial charge is 0.251 e. The second-order valence-electron chi connectivity index (χ2n) is 4.87. The van der Waals surface area contributed by atoms with Crippen LogP contribution in [0.3, 0.4) is 0 Å². The Balaban J connectivity index is 1.76. The van der Waals surface area contributed by atoms with E-state index in [9.17, 15) is 4.79 Å². The minimum absolute atomic E-state index is 0.127. The Kier molecular flexibility index (Phi) is 3.66. The third-order valence-corrected chi connectivity index (χ3v) is 3.58. The Morgan fingerprint density at radius 2 is 2.38 bits per heavy atom. The van der Waals surface area contributed by atoms with Gasteiger partial charge in [-0.15, -0.1) is 0 Å². The first kappa shape index (κ1) is 13.7. The fourth-order valence-corrected chi connectivity index (χ4v) is 2.33. The molecule has 1 amide bonds. The number of amides is 1. The van der Waals surface area contributed by atoms with Crippen molar-refractivity contribution in [2.45, 2.75) is 13.0 Å². The molecule has 2 N–H and O–H groups in total. The number of rotatable bonds is 3. The number of ether oxygens (including phenoxy) is 1. The van der Waals surface area contributed by atoms with Gasteiger partial charge in [0.2, 0.25) is 0 Å². The zero-order valence-electron chi connectivity index (χ0n) is 11.4. The minimum Gasteiger partial charge on any atom is -0.488 e. The van der Waals surface area contributed by atoms with Crippen LogP contribution in [0.4, 0.5) is 0 Å². The molecule has 1 aliphatic heterocycles. The van der Waals surface area contributed by atoms with Gasteiger partial charge in [-0.1, -0.05) is 11.6 Å². The summed E-state index contributed by atoms with van der Waals surface area (Å²) in [6.45, 7) is 2.15. The molecule has 0 fully saturated rings. The second kappa shape index (κ2) is 5.61. The van der Waals surface area contributed by atoms with Gasteiger partial charge in [0.1, 0.15) is 12.4 Å². The predicted octanol–water partition coefficient (Wildman–Crippen LogP) is 2.72. The van der Waals surface area contributed by atoms with Crippen LogP contribution >= 0.6 is 11.6 Å². The molecule has 5 nitrogen and oxygen atoms in total. The quantitative estimate of drug-likeness (QED) is 0.916. The molecule has 1 unspecified atom stereocenters. The van der Waals surface area contributed by atoms with Crippen molar-refractivity contribution in [2.75, 3.05) is 6.61 Å². The van der Waals surface area contributed by atoms with Crippen LogP contribution < -0.4 is 10.1 Å². The average Bonchev–Trinajstić information content (AvgIpc) is 3.00. The molecular formula is C15H14ClN3O2. The first-order valence-electron chi connectivity index (χ1n) is 6.56. The molecule has 2 aromatic rings. The summed E-state index contributed by atoms with van der Waals surface area (Å²) in [5.41, 5.74) is 2.30. The first-order valence-corrected chi connectivity index (χ1v) is 6.94. The number of carbonyl (C=O) groups excluding carboxylic acids is 1. The van der Waals surface area contributed by atoms with Gasteiger partial charge in [0.25, 0.3) is 5.91 Å². The lowest BCUT2D eigenvalue weighted by atomic mass is 10.1. The summed E-state index contributed by atoms with van der Waals surface area (Å²) in [5.74, 6) is 0.577. The lowest BCUT2D eigenvalue weighted by Gasteiger charge is -2.19. The number of nitrogens with zero attached hydrogens (tertiary/aromatic N) is 1. The number of hydrogen-bond acceptors (Lipinski definition) is 3. The van der Waals surface area contributed by atoms with Gasteiger partial charge in [0.15, 0.2) is 0 Å². The number of aromatic nitrogens is 2. The third kappa shape index (κ3) is 2.92. The number of nitrogens with one attached hydrogen (secondary N) is 2. The van der Waals surface area contributed by atoms with Crippen molar-refractivity contribution in [2.24, 2.45) is 0 Å². The van der Waals surface area contributed by atoms with Gasteiger partial charge >= 0.3 is 0 Å². The molecule has 0 saturated heterocycles. The van der Waals surface area contributed by atoms with Gasteiger partial charge in [-0.25, -0.2) is 0 Å². The van der Waals surface area contributed by atoms with Crippen molar-refractivity contribution in [1.29, 1.82) is 0 Å². The fraction of sp³-hybridized carbons (Fsp3) is 0.200. The molecule has 21 heavy (non-hydrogen) atoms. The summed E-state index contributed by atoms with van der Waals surface area (Å²) in [5, 5.41) is 10.1. The molecule has 3 rings (SSSR count). The molecule has 0 spiro atoms. The second-order valence-corrected chi connectivity index (χ2v) is 5.30. The number of benzene rings is 1. The third-order valence-electron chi connectivity index (χ3n) is 3.34. The molecule has 0 saturated carbocycles. The highest BCUT2D eigenvalue weighted by Crippen LogP contribution is 2.29. The molecule has 1 aromatic carbocycles. The maximum atomic E-state index is 12.3. The van der Waals surface area contributed by atoms with Crippen LogP contribution in [0.15, 0.2) is 36.2 Å². The highest BCUT2D eigenvalue weighted by molar-refractivity contribution is 6.30. The average molecular weight is 304 g/mol. The van der Waals surface area contributed by atoms with E-state index in [0.717, 1.165) is 16.9 Å². The largest absolute Gasteiger partial charge is 0.488 e. The molecular weight excluding hydrogens is 290 g/mol. The van der Waals surface area contributed by atoms with Gasteiger partial charge in [-0.05, 0) is 31.2 Å². The van der Waals surface area contributed by atoms with E-state index in [1.54, 1.807) is 30.6 Å². The van der Waals surface area contributed by atoms with Gasteiger partial charge in [-0.3, -0.25) is 9.89 Å². The van der Waals surface area contributed by atoms with E-state index in [2.05, 4.69) is 15.5 Å². The monoisotopic (exact) mass is 303 g/mol. The van der Waals surface area contributed by atoms with Gasteiger partial charge < -0.3 is 10.1 Å². The number of halogens is 1. The fourth-order valence-electron chi connectivity index (χ4n) is 2.15. The minimum atomic E-state index is -0.158. The van der Waals surface area contributed by atoms with Gasteiger partial charge in [0, 0.05) is 22.3 Å². The Bertz CT molecular complexity index is 695. The predicted molar refractivity (Wildman–Crippen MR) is 80.1 cm³/mol. The van der Waals surface area contributed by atoms with Crippen LogP contribution in [0.5, 0.6) is 5.75 Å². The van der Waals surface area contributed by atoms with Crippen LogP contribution in [-0.2, 0) is 4.79 Å². The maximum absolute atomic E-state index is 12.3. The number of aromatic amines is 1. The number of H-pyrrole nitrogens is 1. The lowest BCUT2D eigenvalue weighted by molar-refractivity contribution is -0.118. The Hall–Kier alpha value is -2.27. The van der Waals surface area contributed by atoms with E-state index in [4.69, 9.17) is 16.3 Å². The number of fused-ring (bicyclic) bond motifs is 1. The molecule has 1 aromatic heterocycles. The van der Waals surface area contributed by atoms with E-state index >= 15 is 0 Å². The number of hydrogen-bond donors (Lipinski definition) is 2. The summed E-state index contributed by atoms with van der Waals surface area (Å²) >= 11 is 5.96. The Morgan fingerprint density at radius 1 is 1.52 bits per heavy atom. The summed E-state index contributed by atoms with van der Waals surface area (Å²) in [7, 11) is 0. The first-order chi connectivity index (χ1) is 10.1. The molecule has 1 atom stereocenters. The summed E-state index contributed by atoms with van der Waals surface area (Å²) < 4.78 is 5.58. The van der Waals surface area contributed by atoms with Crippen molar-refractivity contribution in [1.82, 2.24) is 15.5 Å². The Labute approximate surface area is 127 Å². The van der Waals surface area contributed by atoms with Crippen molar-refractivity contribution in [3.05, 3.63) is 52.3 Å². The summed E-state index contributed by atoms with van der Waals surface area (Å²) in [6.07, 6.45) is 5.25. The summed E-state index contributed by atoms with van der Waals surface area (Å²) in [4.78, 5) is 12.3. The van der Waals surface area contributed by atoms with E-state index in [0.29, 0.717) is 10.6 Å². The Morgan fingerprint density at radius 3 is 3.14 bits per heavy atom. The SMILES string of the molecule is CC(NC(=O)C1=Cc2cc(Cl)ccc2OC1)c1cn[nH]c1. The molecule has 0 aliphatic carbocycles. The van der Waals surface area contributed by atoms with Gasteiger partial charge in [0.05, 0.1) is 17.8 Å². The van der Waals surface area contributed by atoms with Crippen molar-refractivity contribution in [3.8, 4) is 5.75 Å². The molecule has 108 valence electrons. The topological polar surface area (TPSA) is 67.0 Å².